The van der Waals surface area contributed by atoms with Gasteiger partial charge in [0, 0.05) is 12.4 Å². The van der Waals surface area contributed by atoms with Gasteiger partial charge in [-0.05, 0) is 12.8 Å². The molecule has 0 aromatic heterocycles. The van der Waals surface area contributed by atoms with Crippen LogP contribution in [0.1, 0.15) is 12.8 Å². The first-order valence-corrected chi connectivity index (χ1v) is 3.54. The first-order valence-electron chi connectivity index (χ1n) is 3.54. The fraction of sp³-hybridized carbons (Fsp3) is 0.375. The molecule has 1 rings (SSSR count). The first-order chi connectivity index (χ1) is 5.34. The van der Waals surface area contributed by atoms with Crippen molar-refractivity contribution in [2.75, 3.05) is 7.11 Å². The molecule has 0 atom stereocenters. The molecular weight excluding hydrogens is 142 g/mol. The van der Waals surface area contributed by atoms with Crippen LogP contribution in [0.25, 0.3) is 0 Å². The molecule has 0 aromatic carbocycles. The molecule has 11 heavy (non-hydrogen) atoms. The highest BCUT2D eigenvalue weighted by Crippen LogP contribution is 2.04. The van der Waals surface area contributed by atoms with Gasteiger partial charge in [0.2, 0.25) is 0 Å². The second-order valence-corrected chi connectivity index (χ2v) is 2.22. The summed E-state index contributed by atoms with van der Waals surface area (Å²) in [6.07, 6.45) is 8.92. The fourth-order valence-corrected chi connectivity index (χ4v) is 0.845. The summed E-state index contributed by atoms with van der Waals surface area (Å²) in [5.41, 5.74) is 0. The van der Waals surface area contributed by atoms with Crippen LogP contribution in [0, 0.1) is 0 Å². The van der Waals surface area contributed by atoms with E-state index in [1.54, 1.807) is 12.4 Å². The summed E-state index contributed by atoms with van der Waals surface area (Å²) in [7, 11) is 1.37. The molecule has 0 fully saturated rings. The van der Waals surface area contributed by atoms with Crippen molar-refractivity contribution in [3.63, 3.8) is 0 Å². The zero-order valence-corrected chi connectivity index (χ0v) is 6.49. The van der Waals surface area contributed by atoms with Crippen molar-refractivity contribution in [1.29, 1.82) is 0 Å². The Hall–Kier alpha value is -1.25. The van der Waals surface area contributed by atoms with Crippen LogP contribution in [0.3, 0.4) is 0 Å². The van der Waals surface area contributed by atoms with Gasteiger partial charge in [-0.15, -0.1) is 0 Å². The maximum atomic E-state index is 10.9. The summed E-state index contributed by atoms with van der Waals surface area (Å²) in [6, 6.07) is 0. The molecule has 0 aliphatic carbocycles. The predicted molar refractivity (Wildman–Crippen MR) is 41.8 cm³/mol. The number of carbonyl (C=O) groups excluding carboxylic acids is 1. The zero-order valence-electron chi connectivity index (χ0n) is 6.49. The number of methoxy groups -OCH3 is 1. The maximum absolute atomic E-state index is 10.9. The van der Waals surface area contributed by atoms with Crippen LogP contribution < -0.4 is 0 Å². The van der Waals surface area contributed by atoms with E-state index in [0.717, 1.165) is 12.8 Å². The molecule has 0 radical (unpaired) electrons. The van der Waals surface area contributed by atoms with Crippen LogP contribution in [0.4, 0.5) is 4.79 Å². The van der Waals surface area contributed by atoms with Gasteiger partial charge in [-0.3, -0.25) is 4.90 Å². The third kappa shape index (κ3) is 2.11. The van der Waals surface area contributed by atoms with E-state index < -0.39 is 0 Å². The Morgan fingerprint density at radius 3 is 2.36 bits per heavy atom. The quantitative estimate of drug-likeness (QED) is 0.531. The van der Waals surface area contributed by atoms with Gasteiger partial charge in [-0.25, -0.2) is 4.79 Å². The Morgan fingerprint density at radius 1 is 1.36 bits per heavy atom. The fourth-order valence-electron chi connectivity index (χ4n) is 0.845. The monoisotopic (exact) mass is 153 g/mol. The topological polar surface area (TPSA) is 29.5 Å². The van der Waals surface area contributed by atoms with Gasteiger partial charge in [0.15, 0.2) is 0 Å². The number of rotatable bonds is 0. The van der Waals surface area contributed by atoms with Crippen molar-refractivity contribution in [1.82, 2.24) is 4.90 Å². The third-order valence-corrected chi connectivity index (χ3v) is 1.42. The summed E-state index contributed by atoms with van der Waals surface area (Å²) < 4.78 is 4.53. The summed E-state index contributed by atoms with van der Waals surface area (Å²) in [6.45, 7) is 0. The number of carbonyl (C=O) groups is 1. The number of ether oxygens (including phenoxy) is 1. The second-order valence-electron chi connectivity index (χ2n) is 2.22. The zero-order chi connectivity index (χ0) is 8.10. The van der Waals surface area contributed by atoms with Gasteiger partial charge in [-0.1, -0.05) is 12.2 Å². The van der Waals surface area contributed by atoms with E-state index in [1.807, 2.05) is 12.2 Å². The van der Waals surface area contributed by atoms with Crippen LogP contribution in [0.5, 0.6) is 0 Å². The Balaban J connectivity index is 2.61. The Labute approximate surface area is 65.9 Å². The summed E-state index contributed by atoms with van der Waals surface area (Å²) >= 11 is 0. The molecule has 0 saturated carbocycles. The molecule has 1 aliphatic heterocycles. The van der Waals surface area contributed by atoms with Gasteiger partial charge in [0.25, 0.3) is 0 Å². The van der Waals surface area contributed by atoms with Crippen molar-refractivity contribution in [2.45, 2.75) is 12.8 Å². The number of nitrogens with zero attached hydrogens (tertiary/aromatic N) is 1. The highest BCUT2D eigenvalue weighted by atomic mass is 16.5. The van der Waals surface area contributed by atoms with E-state index in [-0.39, 0.29) is 6.09 Å². The lowest BCUT2D eigenvalue weighted by molar-refractivity contribution is 0.152. The van der Waals surface area contributed by atoms with Crippen LogP contribution in [0.2, 0.25) is 0 Å². The lowest BCUT2D eigenvalue weighted by Crippen LogP contribution is -2.18. The van der Waals surface area contributed by atoms with Gasteiger partial charge >= 0.3 is 6.09 Å². The first kappa shape index (κ1) is 7.85. The van der Waals surface area contributed by atoms with Crippen LogP contribution in [-0.2, 0) is 4.74 Å². The van der Waals surface area contributed by atoms with Gasteiger partial charge in [0.1, 0.15) is 0 Å². The van der Waals surface area contributed by atoms with Gasteiger partial charge < -0.3 is 4.74 Å². The van der Waals surface area contributed by atoms with Crippen molar-refractivity contribution in [3.8, 4) is 0 Å². The van der Waals surface area contributed by atoms with Gasteiger partial charge in [0.05, 0.1) is 7.11 Å². The molecule has 0 spiro atoms. The SMILES string of the molecule is COC(=O)N1C=CCCC=C1. The third-order valence-electron chi connectivity index (χ3n) is 1.42. The summed E-state index contributed by atoms with van der Waals surface area (Å²) in [5, 5.41) is 0. The lowest BCUT2D eigenvalue weighted by Gasteiger charge is -2.09. The maximum Gasteiger partial charge on any atom is 0.417 e. The van der Waals surface area contributed by atoms with Crippen LogP contribution >= 0.6 is 0 Å². The molecule has 3 nitrogen and oxygen atoms in total. The molecule has 3 heteroatoms. The molecule has 0 unspecified atom stereocenters. The molecule has 0 bridgehead atoms. The van der Waals surface area contributed by atoms with Crippen molar-refractivity contribution in [2.24, 2.45) is 0 Å². The molecule has 0 saturated heterocycles. The van der Waals surface area contributed by atoms with Gasteiger partial charge in [-0.2, -0.15) is 0 Å². The van der Waals surface area contributed by atoms with E-state index in [1.165, 1.54) is 12.0 Å². The molecule has 1 amide bonds. The van der Waals surface area contributed by atoms with E-state index in [9.17, 15) is 4.79 Å². The second kappa shape index (κ2) is 3.81. The molecule has 60 valence electrons. The summed E-state index contributed by atoms with van der Waals surface area (Å²) in [5.74, 6) is 0. The van der Waals surface area contributed by atoms with Crippen LogP contribution in [0.15, 0.2) is 24.6 Å². The molecule has 1 heterocycles. The largest absolute Gasteiger partial charge is 0.452 e. The molecule has 1 aliphatic rings. The minimum Gasteiger partial charge on any atom is -0.452 e. The Bertz CT molecular complexity index is 182. The highest BCUT2D eigenvalue weighted by Gasteiger charge is 2.06. The van der Waals surface area contributed by atoms with E-state index >= 15 is 0 Å². The number of amides is 1. The standard InChI is InChI=1S/C8H11NO2/c1-11-8(10)9-6-4-2-3-5-7-9/h4-7H,2-3H2,1H3. The minimum absolute atomic E-state index is 0.348. The lowest BCUT2D eigenvalue weighted by atomic mass is 10.3. The van der Waals surface area contributed by atoms with Crippen molar-refractivity contribution >= 4 is 6.09 Å². The minimum atomic E-state index is -0.348. The predicted octanol–water partition coefficient (Wildman–Crippen LogP) is 1.88. The van der Waals surface area contributed by atoms with Crippen molar-refractivity contribution in [3.05, 3.63) is 24.6 Å². The highest BCUT2D eigenvalue weighted by molar-refractivity contribution is 5.70. The summed E-state index contributed by atoms with van der Waals surface area (Å²) in [4.78, 5) is 12.3. The normalized spacial score (nSPS) is 16.3. The molecule has 0 aromatic rings. The number of hydrogen-bond acceptors (Lipinski definition) is 2. The Kier molecular flexibility index (Phi) is 2.72. The molecular formula is C8H11NO2. The van der Waals surface area contributed by atoms with Crippen molar-refractivity contribution < 1.29 is 9.53 Å². The van der Waals surface area contributed by atoms with E-state index in [2.05, 4.69) is 4.74 Å². The average molecular weight is 153 g/mol. The number of hydrogen-bond donors (Lipinski definition) is 0. The van der Waals surface area contributed by atoms with E-state index in [0.29, 0.717) is 0 Å². The van der Waals surface area contributed by atoms with E-state index in [4.69, 9.17) is 0 Å². The Morgan fingerprint density at radius 2 is 1.91 bits per heavy atom. The average Bonchev–Trinajstić information content (AvgIpc) is 2.30. The molecule has 0 N–H and O–H groups in total. The number of allylic oxidation sites excluding steroid dienone is 2. The smallest absolute Gasteiger partial charge is 0.417 e. The van der Waals surface area contributed by atoms with Crippen LogP contribution in [-0.4, -0.2) is 18.1 Å².